The number of hydrogen-bond donors (Lipinski definition) is 1. The molecule has 1 aromatic carbocycles. The van der Waals surface area contributed by atoms with Crippen LogP contribution in [0.5, 0.6) is 0 Å². The number of hydrogen-bond acceptors (Lipinski definition) is 3. The number of likely N-dealkylation sites (tertiary alicyclic amines) is 1. The summed E-state index contributed by atoms with van der Waals surface area (Å²) in [6.07, 6.45) is 2.55. The molecule has 0 amide bonds. The van der Waals surface area contributed by atoms with Gasteiger partial charge in [0.2, 0.25) is 0 Å². The molecule has 1 heterocycles. The molecule has 1 aliphatic rings. The van der Waals surface area contributed by atoms with E-state index in [1.165, 1.54) is 49.3 Å². The molecular formula is C18H31N3. The highest BCUT2D eigenvalue weighted by Crippen LogP contribution is 2.26. The van der Waals surface area contributed by atoms with E-state index in [1.807, 2.05) is 0 Å². The fraction of sp³-hybridized carbons (Fsp3) is 0.667. The molecule has 0 saturated carbocycles. The largest absolute Gasteiger partial charge is 0.371 e. The van der Waals surface area contributed by atoms with Gasteiger partial charge in [0.1, 0.15) is 0 Å². The molecule has 0 aromatic heterocycles. The summed E-state index contributed by atoms with van der Waals surface area (Å²) in [7, 11) is 2.27. The second kappa shape index (κ2) is 7.81. The van der Waals surface area contributed by atoms with E-state index >= 15 is 0 Å². The Kier molecular flexibility index (Phi) is 6.07. The van der Waals surface area contributed by atoms with Crippen molar-refractivity contribution in [3.63, 3.8) is 0 Å². The summed E-state index contributed by atoms with van der Waals surface area (Å²) in [6.45, 7) is 12.3. The molecular weight excluding hydrogens is 258 g/mol. The van der Waals surface area contributed by atoms with Crippen LogP contribution in [0.15, 0.2) is 18.2 Å². The quantitative estimate of drug-likeness (QED) is 0.868. The Morgan fingerprint density at radius 3 is 2.57 bits per heavy atom. The lowest BCUT2D eigenvalue weighted by atomic mass is 10.0. The highest BCUT2D eigenvalue weighted by Gasteiger charge is 2.23. The van der Waals surface area contributed by atoms with E-state index in [4.69, 9.17) is 0 Å². The number of piperidine rings is 1. The Balaban J connectivity index is 2.09. The van der Waals surface area contributed by atoms with Crippen LogP contribution in [0.2, 0.25) is 0 Å². The van der Waals surface area contributed by atoms with Crippen LogP contribution in [0.25, 0.3) is 0 Å². The van der Waals surface area contributed by atoms with E-state index in [1.54, 1.807) is 0 Å². The minimum absolute atomic E-state index is 0.677. The summed E-state index contributed by atoms with van der Waals surface area (Å²) in [5.41, 5.74) is 4.18. The lowest BCUT2D eigenvalue weighted by Gasteiger charge is -2.38. The monoisotopic (exact) mass is 289 g/mol. The summed E-state index contributed by atoms with van der Waals surface area (Å²) in [4.78, 5) is 5.07. The molecule has 0 bridgehead atoms. The highest BCUT2D eigenvalue weighted by molar-refractivity contribution is 5.55. The van der Waals surface area contributed by atoms with E-state index in [-0.39, 0.29) is 0 Å². The van der Waals surface area contributed by atoms with Crippen LogP contribution in [-0.2, 0) is 6.54 Å². The SMILES string of the molecule is CCNCc1cc(C)ccc1N(C)C1CCN(CC)CC1. The predicted octanol–water partition coefficient (Wildman–Crippen LogP) is 3.03. The molecule has 1 N–H and O–H groups in total. The van der Waals surface area contributed by atoms with Crippen molar-refractivity contribution in [3.8, 4) is 0 Å². The van der Waals surface area contributed by atoms with Crippen molar-refractivity contribution in [2.24, 2.45) is 0 Å². The molecule has 1 saturated heterocycles. The average Bonchev–Trinajstić information content (AvgIpc) is 2.52. The maximum Gasteiger partial charge on any atom is 0.0411 e. The minimum atomic E-state index is 0.677. The van der Waals surface area contributed by atoms with Gasteiger partial charge in [0.15, 0.2) is 0 Å². The second-order valence-electron chi connectivity index (χ2n) is 6.19. The topological polar surface area (TPSA) is 18.5 Å². The van der Waals surface area contributed by atoms with Gasteiger partial charge in [-0.25, -0.2) is 0 Å². The molecule has 1 fully saturated rings. The molecule has 3 nitrogen and oxygen atoms in total. The van der Waals surface area contributed by atoms with Crippen LogP contribution < -0.4 is 10.2 Å². The normalized spacial score (nSPS) is 17.1. The summed E-state index contributed by atoms with van der Waals surface area (Å²) < 4.78 is 0. The molecule has 118 valence electrons. The van der Waals surface area contributed by atoms with E-state index in [0.717, 1.165) is 13.1 Å². The maximum atomic E-state index is 3.47. The fourth-order valence-corrected chi connectivity index (χ4v) is 3.28. The molecule has 0 unspecified atom stereocenters. The van der Waals surface area contributed by atoms with Crippen LogP contribution in [0.1, 0.15) is 37.8 Å². The van der Waals surface area contributed by atoms with Gasteiger partial charge in [0, 0.05) is 38.4 Å². The molecule has 0 spiro atoms. The van der Waals surface area contributed by atoms with E-state index in [9.17, 15) is 0 Å². The Bertz CT molecular complexity index is 436. The van der Waals surface area contributed by atoms with Gasteiger partial charge >= 0.3 is 0 Å². The first-order valence-electron chi connectivity index (χ1n) is 8.41. The van der Waals surface area contributed by atoms with E-state index < -0.39 is 0 Å². The Morgan fingerprint density at radius 2 is 1.95 bits per heavy atom. The van der Waals surface area contributed by atoms with Crippen LogP contribution in [0, 0.1) is 6.92 Å². The van der Waals surface area contributed by atoms with Gasteiger partial charge in [-0.05, 0) is 44.5 Å². The van der Waals surface area contributed by atoms with Crippen molar-refractivity contribution in [2.75, 3.05) is 38.1 Å². The van der Waals surface area contributed by atoms with Gasteiger partial charge in [-0.15, -0.1) is 0 Å². The zero-order valence-corrected chi connectivity index (χ0v) is 14.2. The van der Waals surface area contributed by atoms with Gasteiger partial charge in [0.25, 0.3) is 0 Å². The molecule has 3 heteroatoms. The first kappa shape index (κ1) is 16.3. The summed E-state index contributed by atoms with van der Waals surface area (Å²) in [5, 5.41) is 3.47. The smallest absolute Gasteiger partial charge is 0.0411 e. The molecule has 0 atom stereocenters. The first-order valence-corrected chi connectivity index (χ1v) is 8.41. The summed E-state index contributed by atoms with van der Waals surface area (Å²) >= 11 is 0. The van der Waals surface area contributed by atoms with Crippen molar-refractivity contribution < 1.29 is 0 Å². The Hall–Kier alpha value is -1.06. The van der Waals surface area contributed by atoms with Crippen LogP contribution in [0.3, 0.4) is 0 Å². The number of rotatable bonds is 6. The van der Waals surface area contributed by atoms with Crippen LogP contribution in [0.4, 0.5) is 5.69 Å². The van der Waals surface area contributed by atoms with Crippen molar-refractivity contribution in [1.29, 1.82) is 0 Å². The Morgan fingerprint density at radius 1 is 1.24 bits per heavy atom. The molecule has 0 aliphatic carbocycles. The molecule has 1 aliphatic heterocycles. The Labute approximate surface area is 130 Å². The van der Waals surface area contributed by atoms with Crippen molar-refractivity contribution in [2.45, 2.75) is 46.2 Å². The number of anilines is 1. The molecule has 0 radical (unpaired) electrons. The zero-order valence-electron chi connectivity index (χ0n) is 14.2. The van der Waals surface area contributed by atoms with Crippen molar-refractivity contribution >= 4 is 5.69 Å². The number of aryl methyl sites for hydroxylation is 1. The van der Waals surface area contributed by atoms with E-state index in [0.29, 0.717) is 6.04 Å². The third-order valence-corrected chi connectivity index (χ3v) is 4.73. The lowest BCUT2D eigenvalue weighted by Crippen LogP contribution is -2.43. The third-order valence-electron chi connectivity index (χ3n) is 4.73. The van der Waals surface area contributed by atoms with Crippen molar-refractivity contribution in [1.82, 2.24) is 10.2 Å². The predicted molar refractivity (Wildman–Crippen MR) is 92.1 cm³/mol. The lowest BCUT2D eigenvalue weighted by molar-refractivity contribution is 0.221. The summed E-state index contributed by atoms with van der Waals surface area (Å²) in [6, 6.07) is 7.54. The minimum Gasteiger partial charge on any atom is -0.371 e. The standard InChI is InChI=1S/C18H31N3/c1-5-19-14-16-13-15(3)7-8-18(16)20(4)17-9-11-21(6-2)12-10-17/h7-8,13,17,19H,5-6,9-12,14H2,1-4H3. The van der Waals surface area contributed by atoms with Crippen LogP contribution >= 0.6 is 0 Å². The van der Waals surface area contributed by atoms with Gasteiger partial charge in [-0.1, -0.05) is 31.5 Å². The van der Waals surface area contributed by atoms with Gasteiger partial charge in [-0.3, -0.25) is 0 Å². The first-order chi connectivity index (χ1) is 10.2. The molecule has 1 aromatic rings. The highest BCUT2D eigenvalue weighted by atomic mass is 15.2. The molecule has 21 heavy (non-hydrogen) atoms. The van der Waals surface area contributed by atoms with Gasteiger partial charge in [0.05, 0.1) is 0 Å². The number of benzene rings is 1. The summed E-state index contributed by atoms with van der Waals surface area (Å²) in [5.74, 6) is 0. The molecule has 2 rings (SSSR count). The number of nitrogens with zero attached hydrogens (tertiary/aromatic N) is 2. The third kappa shape index (κ3) is 4.21. The van der Waals surface area contributed by atoms with Crippen molar-refractivity contribution in [3.05, 3.63) is 29.3 Å². The maximum absolute atomic E-state index is 3.47. The van der Waals surface area contributed by atoms with Gasteiger partial charge < -0.3 is 15.1 Å². The average molecular weight is 289 g/mol. The second-order valence-corrected chi connectivity index (χ2v) is 6.19. The fourth-order valence-electron chi connectivity index (χ4n) is 3.28. The van der Waals surface area contributed by atoms with E-state index in [2.05, 4.69) is 61.1 Å². The zero-order chi connectivity index (χ0) is 15.2. The van der Waals surface area contributed by atoms with Gasteiger partial charge in [-0.2, -0.15) is 0 Å². The number of nitrogens with one attached hydrogen (secondary N) is 1. The van der Waals surface area contributed by atoms with Crippen LogP contribution in [-0.4, -0.2) is 44.2 Å².